The zero-order valence-corrected chi connectivity index (χ0v) is 17.7. The predicted molar refractivity (Wildman–Crippen MR) is 116 cm³/mol. The van der Waals surface area contributed by atoms with Gasteiger partial charge in [0.2, 0.25) is 11.8 Å². The molecule has 2 amide bonds. The lowest BCUT2D eigenvalue weighted by molar-refractivity contribution is -0.129. The molecule has 0 spiro atoms. The van der Waals surface area contributed by atoms with Gasteiger partial charge in [-0.3, -0.25) is 9.59 Å². The van der Waals surface area contributed by atoms with E-state index in [9.17, 15) is 9.59 Å². The molecule has 2 heterocycles. The van der Waals surface area contributed by atoms with E-state index in [1.54, 1.807) is 4.90 Å². The maximum atomic E-state index is 13.1. The molecule has 0 unspecified atom stereocenters. The van der Waals surface area contributed by atoms with Gasteiger partial charge in [-0.2, -0.15) is 0 Å². The topological polar surface area (TPSA) is 67.2 Å². The van der Waals surface area contributed by atoms with Crippen molar-refractivity contribution in [3.8, 4) is 0 Å². The fourth-order valence-corrected chi connectivity index (χ4v) is 4.15. The van der Waals surface area contributed by atoms with Crippen LogP contribution in [0.2, 0.25) is 0 Å². The highest BCUT2D eigenvalue weighted by atomic mass is 16.2. The number of aryl methyl sites for hydroxylation is 1. The van der Waals surface area contributed by atoms with Gasteiger partial charge in [0, 0.05) is 26.6 Å². The third-order valence-electron chi connectivity index (χ3n) is 5.87. The largest absolute Gasteiger partial charge is 0.346 e. The average molecular weight is 405 g/mol. The summed E-state index contributed by atoms with van der Waals surface area (Å²) in [6.45, 7) is 5.15. The molecule has 4 rings (SSSR count). The molecule has 6 nitrogen and oxygen atoms in total. The van der Waals surface area contributed by atoms with Crippen LogP contribution in [0.1, 0.15) is 37.7 Å². The van der Waals surface area contributed by atoms with Gasteiger partial charge in [-0.05, 0) is 23.6 Å². The van der Waals surface area contributed by atoms with Crippen molar-refractivity contribution in [2.75, 3.05) is 6.54 Å². The van der Waals surface area contributed by atoms with Gasteiger partial charge in [0.15, 0.2) is 0 Å². The van der Waals surface area contributed by atoms with Crippen LogP contribution in [0.15, 0.2) is 54.6 Å². The standard InChI is InChI=1S/C24H28N4O2/c1-16(2)22(23-25-19-11-7-8-12-20(19)27(23)3)26-24(30)18-13-21(29)28(15-18)14-17-9-5-4-6-10-17/h4-12,16,18,22H,13-15H2,1-3H3,(H,26,30)/t18-,22+/m1/s1. The van der Waals surface area contributed by atoms with Crippen LogP contribution in [0.4, 0.5) is 0 Å². The van der Waals surface area contributed by atoms with E-state index in [1.165, 1.54) is 0 Å². The Balaban J connectivity index is 1.48. The number of nitrogens with zero attached hydrogens (tertiary/aromatic N) is 3. The number of amides is 2. The van der Waals surface area contributed by atoms with Gasteiger partial charge in [0.05, 0.1) is 23.0 Å². The first kappa shape index (κ1) is 20.1. The Labute approximate surface area is 176 Å². The second-order valence-corrected chi connectivity index (χ2v) is 8.41. The Kier molecular flexibility index (Phi) is 5.57. The first-order valence-electron chi connectivity index (χ1n) is 10.5. The van der Waals surface area contributed by atoms with Gasteiger partial charge in [-0.25, -0.2) is 4.98 Å². The number of hydrogen-bond acceptors (Lipinski definition) is 3. The minimum atomic E-state index is -0.336. The van der Waals surface area contributed by atoms with Crippen LogP contribution < -0.4 is 5.32 Å². The van der Waals surface area contributed by atoms with E-state index >= 15 is 0 Å². The van der Waals surface area contributed by atoms with Crippen LogP contribution in [0, 0.1) is 11.8 Å². The fourth-order valence-electron chi connectivity index (χ4n) is 4.15. The number of benzene rings is 2. The van der Waals surface area contributed by atoms with E-state index in [4.69, 9.17) is 4.98 Å². The molecule has 1 saturated heterocycles. The lowest BCUT2D eigenvalue weighted by Gasteiger charge is -2.24. The number of imidazole rings is 1. The van der Waals surface area contributed by atoms with E-state index in [2.05, 4.69) is 19.2 Å². The molecule has 30 heavy (non-hydrogen) atoms. The molecule has 2 aromatic carbocycles. The second-order valence-electron chi connectivity index (χ2n) is 8.41. The minimum Gasteiger partial charge on any atom is -0.346 e. The summed E-state index contributed by atoms with van der Waals surface area (Å²) in [5.41, 5.74) is 3.03. The third-order valence-corrected chi connectivity index (χ3v) is 5.87. The maximum Gasteiger partial charge on any atom is 0.226 e. The van der Waals surface area contributed by atoms with E-state index in [0.29, 0.717) is 13.1 Å². The Hall–Kier alpha value is -3.15. The highest BCUT2D eigenvalue weighted by Crippen LogP contribution is 2.27. The normalized spacial score (nSPS) is 17.7. The summed E-state index contributed by atoms with van der Waals surface area (Å²) in [5, 5.41) is 3.18. The summed E-state index contributed by atoms with van der Waals surface area (Å²) < 4.78 is 2.04. The molecule has 156 valence electrons. The Morgan fingerprint density at radius 2 is 1.83 bits per heavy atom. The van der Waals surface area contributed by atoms with Gasteiger partial charge in [0.25, 0.3) is 0 Å². The predicted octanol–water partition coefficient (Wildman–Crippen LogP) is 3.44. The van der Waals surface area contributed by atoms with E-state index in [1.807, 2.05) is 66.2 Å². The van der Waals surface area contributed by atoms with Crippen molar-refractivity contribution in [3.05, 3.63) is 66.0 Å². The zero-order valence-electron chi connectivity index (χ0n) is 17.7. The van der Waals surface area contributed by atoms with Gasteiger partial charge in [-0.15, -0.1) is 0 Å². The van der Waals surface area contributed by atoms with E-state index < -0.39 is 0 Å². The van der Waals surface area contributed by atoms with Gasteiger partial charge in [-0.1, -0.05) is 56.3 Å². The van der Waals surface area contributed by atoms with Crippen molar-refractivity contribution in [1.29, 1.82) is 0 Å². The number of para-hydroxylation sites is 2. The van der Waals surface area contributed by atoms with E-state index in [-0.39, 0.29) is 36.1 Å². The molecule has 3 aromatic rings. The van der Waals surface area contributed by atoms with Crippen LogP contribution in [-0.2, 0) is 23.2 Å². The van der Waals surface area contributed by atoms with Crippen LogP contribution in [0.25, 0.3) is 11.0 Å². The summed E-state index contributed by atoms with van der Waals surface area (Å²) in [7, 11) is 1.98. The summed E-state index contributed by atoms with van der Waals surface area (Å²) in [5.74, 6) is 0.622. The van der Waals surface area contributed by atoms with Gasteiger partial charge < -0.3 is 14.8 Å². The number of aromatic nitrogens is 2. The monoisotopic (exact) mass is 404 g/mol. The lowest BCUT2D eigenvalue weighted by atomic mass is 10.0. The molecule has 0 saturated carbocycles. The smallest absolute Gasteiger partial charge is 0.226 e. The molecule has 2 atom stereocenters. The minimum absolute atomic E-state index is 0.0304. The van der Waals surface area contributed by atoms with Crippen LogP contribution in [-0.4, -0.2) is 32.8 Å². The number of carbonyl (C=O) groups excluding carboxylic acids is 2. The van der Waals surface area contributed by atoms with Crippen molar-refractivity contribution < 1.29 is 9.59 Å². The summed E-state index contributed by atoms with van der Waals surface area (Å²) in [6.07, 6.45) is 0.256. The third kappa shape index (κ3) is 3.95. The van der Waals surface area contributed by atoms with Crippen molar-refractivity contribution in [2.24, 2.45) is 18.9 Å². The number of nitrogens with one attached hydrogen (secondary N) is 1. The SMILES string of the molecule is CC(C)[C@H](NC(=O)[C@@H]1CC(=O)N(Cc2ccccc2)C1)c1nc2ccccc2n1C. The molecule has 0 aliphatic carbocycles. The molecular formula is C24H28N4O2. The number of fused-ring (bicyclic) bond motifs is 1. The first-order valence-corrected chi connectivity index (χ1v) is 10.5. The zero-order chi connectivity index (χ0) is 21.3. The quantitative estimate of drug-likeness (QED) is 0.684. The Morgan fingerprint density at radius 1 is 1.13 bits per heavy atom. The van der Waals surface area contributed by atoms with Crippen molar-refractivity contribution in [3.63, 3.8) is 0 Å². The summed E-state index contributed by atoms with van der Waals surface area (Å²) in [4.78, 5) is 32.1. The summed E-state index contributed by atoms with van der Waals surface area (Å²) >= 11 is 0. The highest BCUT2D eigenvalue weighted by molar-refractivity contribution is 5.89. The van der Waals surface area contributed by atoms with Crippen LogP contribution in [0.5, 0.6) is 0 Å². The Bertz CT molecular complexity index is 1060. The van der Waals surface area contributed by atoms with Crippen molar-refractivity contribution in [2.45, 2.75) is 32.9 Å². The summed E-state index contributed by atoms with van der Waals surface area (Å²) in [6, 6.07) is 17.6. The molecule has 0 bridgehead atoms. The average Bonchev–Trinajstić information content (AvgIpc) is 3.27. The number of hydrogen-bond donors (Lipinski definition) is 1. The lowest BCUT2D eigenvalue weighted by Crippen LogP contribution is -2.38. The number of rotatable bonds is 6. The number of carbonyl (C=O) groups is 2. The Morgan fingerprint density at radius 3 is 2.53 bits per heavy atom. The highest BCUT2D eigenvalue weighted by Gasteiger charge is 2.36. The fraction of sp³-hybridized carbons (Fsp3) is 0.375. The van der Waals surface area contributed by atoms with Crippen molar-refractivity contribution in [1.82, 2.24) is 19.8 Å². The molecule has 6 heteroatoms. The molecule has 0 radical (unpaired) electrons. The molecule has 1 aliphatic rings. The van der Waals surface area contributed by atoms with Gasteiger partial charge >= 0.3 is 0 Å². The molecular weight excluding hydrogens is 376 g/mol. The first-order chi connectivity index (χ1) is 14.4. The van der Waals surface area contributed by atoms with Crippen LogP contribution in [0.3, 0.4) is 0 Å². The molecule has 1 fully saturated rings. The molecule has 1 N–H and O–H groups in total. The molecule has 1 aliphatic heterocycles. The number of likely N-dealkylation sites (tertiary alicyclic amines) is 1. The van der Waals surface area contributed by atoms with Gasteiger partial charge in [0.1, 0.15) is 5.82 Å². The second kappa shape index (κ2) is 8.30. The molecule has 1 aromatic heterocycles. The van der Waals surface area contributed by atoms with Crippen LogP contribution >= 0.6 is 0 Å². The maximum absolute atomic E-state index is 13.1. The van der Waals surface area contributed by atoms with E-state index in [0.717, 1.165) is 22.4 Å². The van der Waals surface area contributed by atoms with Crippen molar-refractivity contribution >= 4 is 22.8 Å².